The first-order valence-electron chi connectivity index (χ1n) is 10.5. The van der Waals surface area contributed by atoms with Crippen LogP contribution in [0.5, 0.6) is 5.75 Å². The summed E-state index contributed by atoms with van der Waals surface area (Å²) in [7, 11) is 1.71. The van der Waals surface area contributed by atoms with E-state index in [1.54, 1.807) is 13.3 Å². The molecule has 0 bridgehead atoms. The number of hydrogen-bond donors (Lipinski definition) is 1. The highest BCUT2D eigenvalue weighted by atomic mass is 32.1. The molecule has 1 aliphatic heterocycles. The molecule has 4 rings (SSSR count). The predicted octanol–water partition coefficient (Wildman–Crippen LogP) is 4.75. The van der Waals surface area contributed by atoms with E-state index in [-0.39, 0.29) is 12.1 Å². The molecule has 0 radical (unpaired) electrons. The molecular weight excluding hydrogens is 410 g/mol. The summed E-state index contributed by atoms with van der Waals surface area (Å²) in [6.45, 7) is 4.07. The molecule has 0 spiro atoms. The van der Waals surface area contributed by atoms with Gasteiger partial charge in [0.15, 0.2) is 5.11 Å². The Morgan fingerprint density at radius 1 is 1.13 bits per heavy atom. The zero-order chi connectivity index (χ0) is 21.6. The third-order valence-corrected chi connectivity index (χ3v) is 5.67. The highest BCUT2D eigenvalue weighted by Crippen LogP contribution is 2.40. The van der Waals surface area contributed by atoms with Gasteiger partial charge in [0, 0.05) is 32.0 Å². The molecule has 31 heavy (non-hydrogen) atoms. The zero-order valence-corrected chi connectivity index (χ0v) is 18.6. The summed E-state index contributed by atoms with van der Waals surface area (Å²) in [5, 5.41) is 4.15. The van der Waals surface area contributed by atoms with Crippen molar-refractivity contribution in [2.24, 2.45) is 0 Å². The number of nitrogens with one attached hydrogen (secondary N) is 1. The molecule has 162 valence electrons. The van der Waals surface area contributed by atoms with Crippen LogP contribution in [0.25, 0.3) is 11.3 Å². The van der Waals surface area contributed by atoms with Gasteiger partial charge in [0.2, 0.25) is 0 Å². The number of hydrogen-bond acceptors (Lipinski definition) is 5. The van der Waals surface area contributed by atoms with Gasteiger partial charge in [-0.1, -0.05) is 6.07 Å². The lowest BCUT2D eigenvalue weighted by atomic mass is 10.0. The molecule has 0 amide bonds. The Kier molecular flexibility index (Phi) is 6.84. The summed E-state index contributed by atoms with van der Waals surface area (Å²) >= 11 is 5.67. The van der Waals surface area contributed by atoms with Crippen LogP contribution in [0.1, 0.15) is 36.9 Å². The van der Waals surface area contributed by atoms with E-state index in [0.29, 0.717) is 18.3 Å². The van der Waals surface area contributed by atoms with E-state index in [0.717, 1.165) is 41.5 Å². The van der Waals surface area contributed by atoms with Crippen molar-refractivity contribution >= 4 is 17.3 Å². The largest absolute Gasteiger partial charge is 0.494 e. The standard InChI is InChI=1S/C24H27N3O3S/c1-3-29-18-10-8-17(9-11-18)20-12-13-21(30-20)23-22(19-7-4-5-14-25-19)26-24(31)27(23)15-6-16-28-2/h4-5,7-14,22-23H,3,6,15-16H2,1-2H3,(H,26,31)/t22-,23+/m0/s1. The molecule has 3 aromatic rings. The van der Waals surface area contributed by atoms with Crippen LogP contribution in [0.15, 0.2) is 65.2 Å². The number of rotatable bonds is 9. The number of furan rings is 1. The lowest BCUT2D eigenvalue weighted by molar-refractivity contribution is 0.177. The highest BCUT2D eigenvalue weighted by Gasteiger charge is 2.41. The molecule has 6 nitrogen and oxygen atoms in total. The van der Waals surface area contributed by atoms with Gasteiger partial charge in [-0.25, -0.2) is 0 Å². The minimum absolute atomic E-state index is 0.0873. The maximum Gasteiger partial charge on any atom is 0.170 e. The maximum absolute atomic E-state index is 6.35. The normalized spacial score (nSPS) is 18.3. The maximum atomic E-state index is 6.35. The van der Waals surface area contributed by atoms with Crippen molar-refractivity contribution in [3.8, 4) is 17.1 Å². The van der Waals surface area contributed by atoms with Crippen molar-refractivity contribution < 1.29 is 13.9 Å². The summed E-state index contributed by atoms with van der Waals surface area (Å²) in [5.41, 5.74) is 1.94. The van der Waals surface area contributed by atoms with Crippen molar-refractivity contribution in [1.82, 2.24) is 15.2 Å². The quantitative estimate of drug-likeness (QED) is 0.383. The van der Waals surface area contributed by atoms with Crippen LogP contribution >= 0.6 is 12.2 Å². The van der Waals surface area contributed by atoms with E-state index in [2.05, 4.69) is 15.2 Å². The fourth-order valence-corrected chi connectivity index (χ4v) is 4.22. The molecule has 3 heterocycles. The predicted molar refractivity (Wildman–Crippen MR) is 124 cm³/mol. The lowest BCUT2D eigenvalue weighted by Crippen LogP contribution is -2.31. The summed E-state index contributed by atoms with van der Waals surface area (Å²) in [6.07, 6.45) is 2.68. The number of ether oxygens (including phenoxy) is 2. The van der Waals surface area contributed by atoms with Crippen LogP contribution in [0.3, 0.4) is 0 Å². The number of pyridine rings is 1. The van der Waals surface area contributed by atoms with Gasteiger partial charge in [0.05, 0.1) is 18.3 Å². The van der Waals surface area contributed by atoms with Crippen LogP contribution in [-0.4, -0.2) is 41.9 Å². The van der Waals surface area contributed by atoms with E-state index < -0.39 is 0 Å². The Hall–Kier alpha value is -2.90. The van der Waals surface area contributed by atoms with Gasteiger partial charge in [0.1, 0.15) is 23.3 Å². The molecule has 0 unspecified atom stereocenters. The van der Waals surface area contributed by atoms with Crippen molar-refractivity contribution in [2.75, 3.05) is 26.9 Å². The summed E-state index contributed by atoms with van der Waals surface area (Å²) < 4.78 is 17.1. The van der Waals surface area contributed by atoms with Crippen LogP contribution in [0, 0.1) is 0 Å². The van der Waals surface area contributed by atoms with E-state index in [4.69, 9.17) is 26.1 Å². The average molecular weight is 438 g/mol. The Balaban J connectivity index is 1.63. The number of benzene rings is 1. The van der Waals surface area contributed by atoms with E-state index >= 15 is 0 Å². The topological polar surface area (TPSA) is 59.8 Å². The Morgan fingerprint density at radius 2 is 1.97 bits per heavy atom. The van der Waals surface area contributed by atoms with Crippen LogP contribution < -0.4 is 10.1 Å². The van der Waals surface area contributed by atoms with Gasteiger partial charge >= 0.3 is 0 Å². The SMILES string of the molecule is CCOc1ccc(-c2ccc([C@@H]3[C@H](c4ccccn4)NC(=S)N3CCCOC)o2)cc1. The molecule has 1 aromatic carbocycles. The first-order valence-corrected chi connectivity index (χ1v) is 10.9. The Labute approximate surface area is 188 Å². The molecule has 7 heteroatoms. The van der Waals surface area contributed by atoms with Crippen molar-refractivity contribution in [1.29, 1.82) is 0 Å². The number of thiocarbonyl (C=S) groups is 1. The fourth-order valence-electron chi connectivity index (χ4n) is 3.88. The average Bonchev–Trinajstić information content (AvgIpc) is 3.40. The first kappa shape index (κ1) is 21.3. The van der Waals surface area contributed by atoms with Gasteiger partial charge in [-0.2, -0.15) is 0 Å². The molecule has 1 N–H and O–H groups in total. The second-order valence-electron chi connectivity index (χ2n) is 7.33. The number of methoxy groups -OCH3 is 1. The first-order chi connectivity index (χ1) is 15.2. The monoisotopic (exact) mass is 437 g/mol. The van der Waals surface area contributed by atoms with E-state index in [1.807, 2.05) is 61.5 Å². The number of aromatic nitrogens is 1. The van der Waals surface area contributed by atoms with Gasteiger partial charge in [-0.15, -0.1) is 0 Å². The second-order valence-corrected chi connectivity index (χ2v) is 7.71. The lowest BCUT2D eigenvalue weighted by Gasteiger charge is -2.25. The minimum atomic E-state index is -0.0874. The molecule has 0 saturated carbocycles. The van der Waals surface area contributed by atoms with Crippen molar-refractivity contribution in [2.45, 2.75) is 25.4 Å². The van der Waals surface area contributed by atoms with Gasteiger partial charge < -0.3 is 24.1 Å². The van der Waals surface area contributed by atoms with Crippen molar-refractivity contribution in [3.05, 3.63) is 72.2 Å². The minimum Gasteiger partial charge on any atom is -0.494 e. The summed E-state index contributed by atoms with van der Waals surface area (Å²) in [4.78, 5) is 6.74. The van der Waals surface area contributed by atoms with Crippen LogP contribution in [-0.2, 0) is 4.74 Å². The number of nitrogens with zero attached hydrogens (tertiary/aromatic N) is 2. The zero-order valence-electron chi connectivity index (χ0n) is 17.8. The van der Waals surface area contributed by atoms with E-state index in [9.17, 15) is 0 Å². The van der Waals surface area contributed by atoms with Crippen LogP contribution in [0.4, 0.5) is 0 Å². The van der Waals surface area contributed by atoms with Gasteiger partial charge in [0.25, 0.3) is 0 Å². The van der Waals surface area contributed by atoms with Crippen LogP contribution in [0.2, 0.25) is 0 Å². The third kappa shape index (κ3) is 4.73. The Bertz CT molecular complexity index is 991. The molecule has 2 aromatic heterocycles. The van der Waals surface area contributed by atoms with Gasteiger partial charge in [-0.3, -0.25) is 4.98 Å². The molecule has 1 aliphatic rings. The van der Waals surface area contributed by atoms with Crippen molar-refractivity contribution in [3.63, 3.8) is 0 Å². The smallest absolute Gasteiger partial charge is 0.170 e. The summed E-state index contributed by atoms with van der Waals surface area (Å²) in [5.74, 6) is 2.51. The summed E-state index contributed by atoms with van der Waals surface area (Å²) in [6, 6.07) is 17.7. The molecule has 1 saturated heterocycles. The third-order valence-electron chi connectivity index (χ3n) is 5.31. The molecule has 1 fully saturated rings. The van der Waals surface area contributed by atoms with E-state index in [1.165, 1.54) is 0 Å². The van der Waals surface area contributed by atoms with Gasteiger partial charge in [-0.05, 0) is 74.1 Å². The Morgan fingerprint density at radius 3 is 2.68 bits per heavy atom. The molecule has 2 atom stereocenters. The molecule has 0 aliphatic carbocycles. The highest BCUT2D eigenvalue weighted by molar-refractivity contribution is 7.80. The molecular formula is C24H27N3O3S. The second kappa shape index (κ2) is 9.94. The fraction of sp³-hybridized carbons (Fsp3) is 0.333.